The minimum Gasteiger partial charge on any atom is -0.353 e. The number of rotatable bonds is 7. The van der Waals surface area contributed by atoms with Gasteiger partial charge in [0.1, 0.15) is 0 Å². The Morgan fingerprint density at radius 1 is 1.04 bits per heavy atom. The number of nitrogens with zero attached hydrogens (tertiary/aromatic N) is 4. The van der Waals surface area contributed by atoms with Crippen molar-refractivity contribution in [3.63, 3.8) is 0 Å². The number of benzene rings is 1. The molecule has 0 radical (unpaired) electrons. The normalized spacial score (nSPS) is 15.5. The molecule has 134 valence electrons. The van der Waals surface area contributed by atoms with Crippen LogP contribution in [-0.4, -0.2) is 60.0 Å². The van der Waals surface area contributed by atoms with Crippen molar-refractivity contribution in [3.8, 4) is 11.1 Å². The average molecular weight is 339 g/mol. The largest absolute Gasteiger partial charge is 0.353 e. The van der Waals surface area contributed by atoms with Gasteiger partial charge in [-0.1, -0.05) is 24.6 Å². The van der Waals surface area contributed by atoms with Crippen LogP contribution in [0.25, 0.3) is 11.1 Å². The van der Waals surface area contributed by atoms with Crippen molar-refractivity contribution in [2.75, 3.05) is 45.6 Å². The van der Waals surface area contributed by atoms with Gasteiger partial charge in [-0.3, -0.25) is 0 Å². The molecule has 1 aliphatic rings. The Labute approximate surface area is 151 Å². The van der Waals surface area contributed by atoms with Crippen LogP contribution in [0, 0.1) is 0 Å². The molecule has 0 atom stereocenters. The predicted molar refractivity (Wildman–Crippen MR) is 104 cm³/mol. The maximum atomic E-state index is 4.48. The highest BCUT2D eigenvalue weighted by atomic mass is 15.2. The quantitative estimate of drug-likeness (QED) is 0.840. The smallest absolute Gasteiger partial charge is 0.222 e. The third kappa shape index (κ3) is 5.51. The number of likely N-dealkylation sites (tertiary alicyclic amines) is 1. The van der Waals surface area contributed by atoms with E-state index in [1.54, 1.807) is 0 Å². The Kier molecular flexibility index (Phi) is 6.36. The summed E-state index contributed by atoms with van der Waals surface area (Å²) in [4.78, 5) is 13.6. The van der Waals surface area contributed by atoms with E-state index in [4.69, 9.17) is 0 Å². The fourth-order valence-corrected chi connectivity index (χ4v) is 3.29. The Morgan fingerprint density at radius 3 is 2.52 bits per heavy atom. The molecule has 0 amide bonds. The average Bonchev–Trinajstić information content (AvgIpc) is 2.63. The van der Waals surface area contributed by atoms with E-state index in [1.807, 2.05) is 12.4 Å². The minimum atomic E-state index is 0.713. The van der Waals surface area contributed by atoms with E-state index in [2.05, 4.69) is 63.4 Å². The SMILES string of the molecule is CN(C)Cc1cccc(-c2cnc(NCCN3CCCCC3)nc2)c1. The van der Waals surface area contributed by atoms with Crippen LogP contribution in [0.1, 0.15) is 24.8 Å². The molecular formula is C20H29N5. The molecule has 2 aromatic rings. The lowest BCUT2D eigenvalue weighted by Crippen LogP contribution is -2.33. The summed E-state index contributed by atoms with van der Waals surface area (Å²) in [6.07, 6.45) is 7.86. The van der Waals surface area contributed by atoms with Gasteiger partial charge >= 0.3 is 0 Å². The Balaban J connectivity index is 1.54. The van der Waals surface area contributed by atoms with Gasteiger partial charge in [-0.25, -0.2) is 9.97 Å². The zero-order chi connectivity index (χ0) is 17.5. The summed E-state index contributed by atoms with van der Waals surface area (Å²) in [7, 11) is 4.17. The van der Waals surface area contributed by atoms with Crippen molar-refractivity contribution in [2.45, 2.75) is 25.8 Å². The summed E-state index contributed by atoms with van der Waals surface area (Å²) in [5.41, 5.74) is 3.52. The standard InChI is InChI=1S/C20H29N5/c1-24(2)16-17-7-6-8-18(13-17)19-14-22-20(23-15-19)21-9-12-25-10-4-3-5-11-25/h6-8,13-15H,3-5,9-12,16H2,1-2H3,(H,21,22,23). The van der Waals surface area contributed by atoms with E-state index in [1.165, 1.54) is 43.5 Å². The van der Waals surface area contributed by atoms with Crippen LogP contribution in [-0.2, 0) is 6.54 Å². The van der Waals surface area contributed by atoms with Crippen molar-refractivity contribution < 1.29 is 0 Å². The van der Waals surface area contributed by atoms with Crippen molar-refractivity contribution in [2.24, 2.45) is 0 Å². The molecule has 5 nitrogen and oxygen atoms in total. The second-order valence-electron chi connectivity index (χ2n) is 7.06. The summed E-state index contributed by atoms with van der Waals surface area (Å²) < 4.78 is 0. The van der Waals surface area contributed by atoms with Crippen LogP contribution in [0.5, 0.6) is 0 Å². The molecule has 1 aliphatic heterocycles. The van der Waals surface area contributed by atoms with E-state index >= 15 is 0 Å². The molecule has 0 aliphatic carbocycles. The minimum absolute atomic E-state index is 0.713. The third-order valence-corrected chi connectivity index (χ3v) is 4.57. The van der Waals surface area contributed by atoms with Crippen LogP contribution in [0.2, 0.25) is 0 Å². The fraction of sp³-hybridized carbons (Fsp3) is 0.500. The van der Waals surface area contributed by atoms with Gasteiger partial charge in [0.2, 0.25) is 5.95 Å². The van der Waals surface area contributed by atoms with Gasteiger partial charge in [0.05, 0.1) is 0 Å². The zero-order valence-corrected chi connectivity index (χ0v) is 15.4. The number of piperidine rings is 1. The number of anilines is 1. The monoisotopic (exact) mass is 339 g/mol. The van der Waals surface area contributed by atoms with Gasteiger partial charge < -0.3 is 15.1 Å². The van der Waals surface area contributed by atoms with Gasteiger partial charge in [0, 0.05) is 37.6 Å². The van der Waals surface area contributed by atoms with Crippen LogP contribution < -0.4 is 5.32 Å². The molecule has 1 aromatic heterocycles. The molecule has 25 heavy (non-hydrogen) atoms. The highest BCUT2D eigenvalue weighted by Gasteiger charge is 2.09. The highest BCUT2D eigenvalue weighted by molar-refractivity contribution is 5.62. The molecule has 0 bridgehead atoms. The molecule has 1 N–H and O–H groups in total. The lowest BCUT2D eigenvalue weighted by molar-refractivity contribution is 0.237. The molecular weight excluding hydrogens is 310 g/mol. The van der Waals surface area contributed by atoms with Crippen LogP contribution in [0.15, 0.2) is 36.7 Å². The van der Waals surface area contributed by atoms with Gasteiger partial charge in [-0.15, -0.1) is 0 Å². The van der Waals surface area contributed by atoms with Crippen LogP contribution >= 0.6 is 0 Å². The molecule has 1 saturated heterocycles. The number of hydrogen-bond donors (Lipinski definition) is 1. The lowest BCUT2D eigenvalue weighted by Gasteiger charge is -2.26. The molecule has 1 aromatic carbocycles. The van der Waals surface area contributed by atoms with Gasteiger partial charge in [0.25, 0.3) is 0 Å². The first-order chi connectivity index (χ1) is 12.2. The highest BCUT2D eigenvalue weighted by Crippen LogP contribution is 2.20. The lowest BCUT2D eigenvalue weighted by atomic mass is 10.1. The zero-order valence-electron chi connectivity index (χ0n) is 15.4. The second kappa shape index (κ2) is 8.92. The first kappa shape index (κ1) is 17.8. The predicted octanol–water partition coefficient (Wildman–Crippen LogP) is 3.10. The maximum Gasteiger partial charge on any atom is 0.222 e. The second-order valence-corrected chi connectivity index (χ2v) is 7.06. The van der Waals surface area contributed by atoms with E-state index in [0.29, 0.717) is 5.95 Å². The molecule has 1 fully saturated rings. The molecule has 0 unspecified atom stereocenters. The summed E-state index contributed by atoms with van der Waals surface area (Å²) >= 11 is 0. The summed E-state index contributed by atoms with van der Waals surface area (Å²) in [6.45, 7) is 5.36. The molecule has 0 saturated carbocycles. The van der Waals surface area contributed by atoms with Gasteiger partial charge in [0.15, 0.2) is 0 Å². The number of hydrogen-bond acceptors (Lipinski definition) is 5. The molecule has 0 spiro atoms. The first-order valence-corrected chi connectivity index (χ1v) is 9.23. The van der Waals surface area contributed by atoms with Crippen LogP contribution in [0.3, 0.4) is 0 Å². The van der Waals surface area contributed by atoms with Gasteiger partial charge in [-0.2, -0.15) is 0 Å². The van der Waals surface area contributed by atoms with Crippen molar-refractivity contribution >= 4 is 5.95 Å². The molecule has 2 heterocycles. The van der Waals surface area contributed by atoms with E-state index in [9.17, 15) is 0 Å². The number of aromatic nitrogens is 2. The van der Waals surface area contributed by atoms with Gasteiger partial charge in [-0.05, 0) is 57.2 Å². The summed E-state index contributed by atoms with van der Waals surface area (Å²) in [6, 6.07) is 8.57. The fourth-order valence-electron chi connectivity index (χ4n) is 3.29. The molecule has 5 heteroatoms. The van der Waals surface area contributed by atoms with E-state index in [-0.39, 0.29) is 0 Å². The van der Waals surface area contributed by atoms with Crippen molar-refractivity contribution in [3.05, 3.63) is 42.2 Å². The Bertz CT molecular complexity index is 647. The van der Waals surface area contributed by atoms with Crippen LogP contribution in [0.4, 0.5) is 5.95 Å². The summed E-state index contributed by atoms with van der Waals surface area (Å²) in [5.74, 6) is 0.713. The van der Waals surface area contributed by atoms with E-state index in [0.717, 1.165) is 25.2 Å². The third-order valence-electron chi connectivity index (χ3n) is 4.57. The Hall–Kier alpha value is -1.98. The summed E-state index contributed by atoms with van der Waals surface area (Å²) in [5, 5.41) is 3.34. The van der Waals surface area contributed by atoms with Crippen molar-refractivity contribution in [1.29, 1.82) is 0 Å². The van der Waals surface area contributed by atoms with E-state index < -0.39 is 0 Å². The topological polar surface area (TPSA) is 44.3 Å². The first-order valence-electron chi connectivity index (χ1n) is 9.23. The van der Waals surface area contributed by atoms with Crippen molar-refractivity contribution in [1.82, 2.24) is 19.8 Å². The number of nitrogens with one attached hydrogen (secondary N) is 1. The molecule has 3 rings (SSSR count). The maximum absolute atomic E-state index is 4.48. The Morgan fingerprint density at radius 2 is 1.80 bits per heavy atom.